The van der Waals surface area contributed by atoms with E-state index >= 15 is 0 Å². The summed E-state index contributed by atoms with van der Waals surface area (Å²) < 4.78 is 6.96. The van der Waals surface area contributed by atoms with Crippen LogP contribution in [-0.2, 0) is 0 Å². The van der Waals surface area contributed by atoms with Gasteiger partial charge in [0, 0.05) is 54.8 Å². The van der Waals surface area contributed by atoms with Crippen molar-refractivity contribution >= 4 is 65.4 Å². The van der Waals surface area contributed by atoms with Gasteiger partial charge in [0.15, 0.2) is 11.6 Å². The van der Waals surface area contributed by atoms with Crippen LogP contribution in [0.5, 0.6) is 0 Å². The van der Waals surface area contributed by atoms with E-state index in [1.807, 2.05) is 36.4 Å². The molecular weight excluding hydrogens is 769 g/mol. The molecule has 6 heteroatoms. The second-order valence-corrected chi connectivity index (χ2v) is 16.1. The first kappa shape index (κ1) is 35.2. The minimum absolute atomic E-state index is 0.565. The van der Waals surface area contributed by atoms with E-state index in [-0.39, 0.29) is 0 Å². The fraction of sp³-hybridized carbons (Fsp3) is 0. The van der Waals surface area contributed by atoms with E-state index in [4.69, 9.17) is 15.0 Å². The van der Waals surface area contributed by atoms with Gasteiger partial charge in [-0.15, -0.1) is 0 Å². The molecule has 4 aromatic heterocycles. The Morgan fingerprint density at radius 3 is 1.16 bits per heavy atom. The van der Waals surface area contributed by atoms with Gasteiger partial charge in [-0.3, -0.25) is 4.57 Å². The summed E-state index contributed by atoms with van der Waals surface area (Å²) in [6.07, 6.45) is 0. The van der Waals surface area contributed by atoms with Crippen LogP contribution < -0.4 is 0 Å². The molecule has 0 saturated heterocycles. The van der Waals surface area contributed by atoms with Crippen LogP contribution in [0.15, 0.2) is 218 Å². The Kier molecular flexibility index (Phi) is 7.80. The number of fused-ring (bicyclic) bond motifs is 9. The van der Waals surface area contributed by atoms with Crippen molar-refractivity contribution in [3.05, 3.63) is 218 Å². The lowest BCUT2D eigenvalue weighted by molar-refractivity contribution is 0.953. The minimum atomic E-state index is 0.565. The summed E-state index contributed by atoms with van der Waals surface area (Å²) in [4.78, 5) is 15.5. The average molecular weight is 805 g/mol. The topological polar surface area (TPSA) is 53.5 Å². The molecule has 0 saturated carbocycles. The molecule has 13 aromatic rings. The minimum Gasteiger partial charge on any atom is -0.309 e. The Morgan fingerprint density at radius 1 is 0.238 bits per heavy atom. The van der Waals surface area contributed by atoms with Crippen molar-refractivity contribution in [2.75, 3.05) is 0 Å². The highest BCUT2D eigenvalue weighted by Crippen LogP contribution is 2.40. The van der Waals surface area contributed by atoms with E-state index in [1.165, 1.54) is 43.6 Å². The lowest BCUT2D eigenvalue weighted by Crippen LogP contribution is -2.06. The Morgan fingerprint density at radius 2 is 0.619 bits per heavy atom. The van der Waals surface area contributed by atoms with Gasteiger partial charge in [-0.25, -0.2) is 4.98 Å². The summed E-state index contributed by atoms with van der Waals surface area (Å²) in [5, 5.41) is 7.12. The highest BCUT2D eigenvalue weighted by molar-refractivity contribution is 6.14. The van der Waals surface area contributed by atoms with Crippen LogP contribution in [0.1, 0.15) is 0 Å². The summed E-state index contributed by atoms with van der Waals surface area (Å²) in [6.45, 7) is 0. The number of rotatable bonds is 6. The standard InChI is InChI=1S/C57H36N6/c1-4-16-37(17-5-1)55-58-56(38-18-6-2-7-19-38)60-57(59-55)63-53-32-29-40(39-28-31-52-46(34-39)45-24-12-15-27-51(45)61(52)41-20-8-3-9-21-41)35-47(53)48-36-42(30-33-54(48)63)62-49-25-13-10-22-43(49)44-23-11-14-26-50(44)62/h1-36H. The lowest BCUT2D eigenvalue weighted by Gasteiger charge is -2.12. The SMILES string of the molecule is c1ccc(-c2nc(-c3ccccc3)nc(-n3c4ccc(-c5ccc6c(c5)c5ccccc5n6-c5ccccc5)cc4c4cc(-n5c6ccccc6c6ccccc65)ccc43)n2)cc1. The number of aromatic nitrogens is 6. The Labute approximate surface area is 362 Å². The van der Waals surface area contributed by atoms with Gasteiger partial charge in [0.05, 0.1) is 33.1 Å². The zero-order chi connectivity index (χ0) is 41.4. The van der Waals surface area contributed by atoms with Gasteiger partial charge >= 0.3 is 0 Å². The quantitative estimate of drug-likeness (QED) is 0.168. The molecule has 0 spiro atoms. The number of para-hydroxylation sites is 4. The van der Waals surface area contributed by atoms with Crippen LogP contribution in [0.4, 0.5) is 0 Å². The lowest BCUT2D eigenvalue weighted by atomic mass is 10.0. The first-order valence-corrected chi connectivity index (χ1v) is 21.3. The van der Waals surface area contributed by atoms with Crippen LogP contribution in [0.3, 0.4) is 0 Å². The zero-order valence-corrected chi connectivity index (χ0v) is 34.0. The van der Waals surface area contributed by atoms with Crippen LogP contribution in [-0.4, -0.2) is 28.7 Å². The third-order valence-corrected chi connectivity index (χ3v) is 12.5. The number of benzene rings is 9. The number of hydrogen-bond acceptors (Lipinski definition) is 3. The van der Waals surface area contributed by atoms with E-state index in [9.17, 15) is 0 Å². The largest absolute Gasteiger partial charge is 0.309 e. The molecule has 0 unspecified atom stereocenters. The molecule has 0 atom stereocenters. The normalized spacial score (nSPS) is 11.8. The number of hydrogen-bond donors (Lipinski definition) is 0. The first-order chi connectivity index (χ1) is 31.2. The molecule has 6 nitrogen and oxygen atoms in total. The van der Waals surface area contributed by atoms with E-state index < -0.39 is 0 Å². The van der Waals surface area contributed by atoms with Gasteiger partial charge in [-0.1, -0.05) is 146 Å². The van der Waals surface area contributed by atoms with Crippen molar-refractivity contribution < 1.29 is 0 Å². The van der Waals surface area contributed by atoms with Crippen LogP contribution >= 0.6 is 0 Å². The summed E-state index contributed by atoms with van der Waals surface area (Å²) >= 11 is 0. The summed E-state index contributed by atoms with van der Waals surface area (Å²) in [5.74, 6) is 1.81. The maximum absolute atomic E-state index is 5.23. The third kappa shape index (κ3) is 5.55. The van der Waals surface area contributed by atoms with Crippen molar-refractivity contribution in [3.8, 4) is 51.2 Å². The fourth-order valence-electron chi connectivity index (χ4n) is 9.65. The molecule has 294 valence electrons. The van der Waals surface area contributed by atoms with Gasteiger partial charge in [-0.05, 0) is 83.9 Å². The van der Waals surface area contributed by atoms with Gasteiger partial charge in [0.1, 0.15) is 0 Å². The third-order valence-electron chi connectivity index (χ3n) is 12.5. The molecule has 4 heterocycles. The summed E-state index contributed by atoms with van der Waals surface area (Å²) in [5.41, 5.74) is 13.1. The molecule has 0 amide bonds. The van der Waals surface area contributed by atoms with E-state index in [0.29, 0.717) is 17.6 Å². The maximum Gasteiger partial charge on any atom is 0.238 e. The summed E-state index contributed by atoms with van der Waals surface area (Å²) in [7, 11) is 0. The van der Waals surface area contributed by atoms with Gasteiger partial charge in [-0.2, -0.15) is 9.97 Å². The summed E-state index contributed by atoms with van der Waals surface area (Å²) in [6, 6.07) is 77.5. The average Bonchev–Trinajstić information content (AvgIpc) is 3.99. The van der Waals surface area contributed by atoms with Crippen molar-refractivity contribution in [1.29, 1.82) is 0 Å². The first-order valence-electron chi connectivity index (χ1n) is 21.3. The van der Waals surface area contributed by atoms with E-state index in [2.05, 4.69) is 196 Å². The van der Waals surface area contributed by atoms with Crippen molar-refractivity contribution in [1.82, 2.24) is 28.7 Å². The smallest absolute Gasteiger partial charge is 0.238 e. The molecule has 13 rings (SSSR count). The Hall–Kier alpha value is -8.61. The van der Waals surface area contributed by atoms with E-state index in [0.717, 1.165) is 55.4 Å². The predicted molar refractivity (Wildman–Crippen MR) is 259 cm³/mol. The van der Waals surface area contributed by atoms with Crippen LogP contribution in [0.25, 0.3) is 117 Å². The molecule has 0 bridgehead atoms. The number of nitrogens with zero attached hydrogens (tertiary/aromatic N) is 6. The molecule has 0 aliphatic heterocycles. The maximum atomic E-state index is 5.23. The molecular formula is C57H36N6. The van der Waals surface area contributed by atoms with Crippen LogP contribution in [0, 0.1) is 0 Å². The van der Waals surface area contributed by atoms with Crippen molar-refractivity contribution in [2.45, 2.75) is 0 Å². The van der Waals surface area contributed by atoms with Gasteiger partial charge in [0.2, 0.25) is 5.95 Å². The molecule has 0 fully saturated rings. The molecule has 0 aliphatic rings. The van der Waals surface area contributed by atoms with Crippen LogP contribution in [0.2, 0.25) is 0 Å². The molecule has 9 aromatic carbocycles. The highest BCUT2D eigenvalue weighted by Gasteiger charge is 2.21. The predicted octanol–water partition coefficient (Wildman–Crippen LogP) is 14.2. The van der Waals surface area contributed by atoms with Crippen molar-refractivity contribution in [2.24, 2.45) is 0 Å². The second kappa shape index (κ2) is 14.0. The van der Waals surface area contributed by atoms with Gasteiger partial charge in [0.25, 0.3) is 0 Å². The monoisotopic (exact) mass is 804 g/mol. The highest BCUT2D eigenvalue weighted by atomic mass is 15.2. The molecule has 63 heavy (non-hydrogen) atoms. The second-order valence-electron chi connectivity index (χ2n) is 16.1. The van der Waals surface area contributed by atoms with Gasteiger partial charge < -0.3 is 9.13 Å². The fourth-order valence-corrected chi connectivity index (χ4v) is 9.65. The Bertz CT molecular complexity index is 3790. The zero-order valence-electron chi connectivity index (χ0n) is 34.0. The molecule has 0 aliphatic carbocycles. The van der Waals surface area contributed by atoms with E-state index in [1.54, 1.807) is 0 Å². The Balaban J connectivity index is 1.07. The molecule has 0 N–H and O–H groups in total. The molecule has 0 radical (unpaired) electrons. The van der Waals surface area contributed by atoms with Crippen molar-refractivity contribution in [3.63, 3.8) is 0 Å².